The number of hydrogen-bond donors (Lipinski definition) is 2. The summed E-state index contributed by atoms with van der Waals surface area (Å²) < 4.78 is 5.06. The second-order valence-electron chi connectivity index (χ2n) is 4.81. The van der Waals surface area contributed by atoms with E-state index in [0.717, 1.165) is 6.42 Å². The van der Waals surface area contributed by atoms with Crippen LogP contribution < -0.4 is 5.73 Å². The summed E-state index contributed by atoms with van der Waals surface area (Å²) in [5.41, 5.74) is 6.64. The van der Waals surface area contributed by atoms with Gasteiger partial charge in [-0.1, -0.05) is 24.2 Å². The Labute approximate surface area is 125 Å². The van der Waals surface area contributed by atoms with Gasteiger partial charge in [0, 0.05) is 30.8 Å². The molecule has 1 aromatic carbocycles. The molecule has 0 saturated heterocycles. The van der Waals surface area contributed by atoms with Crippen molar-refractivity contribution in [2.45, 2.75) is 26.3 Å². The number of oxime groups is 1. The molecule has 6 heteroatoms. The summed E-state index contributed by atoms with van der Waals surface area (Å²) in [6.45, 7) is 5.10. The molecule has 0 radical (unpaired) electrons. The van der Waals surface area contributed by atoms with Gasteiger partial charge in [0.2, 0.25) is 0 Å². The number of amides is 1. The van der Waals surface area contributed by atoms with Gasteiger partial charge in [0.15, 0.2) is 5.84 Å². The second-order valence-corrected chi connectivity index (χ2v) is 4.81. The predicted octanol–water partition coefficient (Wildman–Crippen LogP) is 1.67. The summed E-state index contributed by atoms with van der Waals surface area (Å²) in [5.74, 6) is -0.0281. The number of carbonyl (C=O) groups is 1. The van der Waals surface area contributed by atoms with Crippen LogP contribution in [0.25, 0.3) is 0 Å². The van der Waals surface area contributed by atoms with Crippen LogP contribution in [0, 0.1) is 0 Å². The van der Waals surface area contributed by atoms with Crippen molar-refractivity contribution in [1.82, 2.24) is 4.90 Å². The van der Waals surface area contributed by atoms with Crippen molar-refractivity contribution >= 4 is 11.7 Å². The number of amidine groups is 1. The molecule has 3 N–H and O–H groups in total. The van der Waals surface area contributed by atoms with Crippen molar-refractivity contribution in [3.8, 4) is 0 Å². The summed E-state index contributed by atoms with van der Waals surface area (Å²) >= 11 is 0. The van der Waals surface area contributed by atoms with Crippen molar-refractivity contribution in [3.05, 3.63) is 35.4 Å². The molecular formula is C15H23N3O3. The van der Waals surface area contributed by atoms with E-state index >= 15 is 0 Å². The van der Waals surface area contributed by atoms with Crippen LogP contribution in [-0.2, 0) is 4.74 Å². The Morgan fingerprint density at radius 3 is 2.43 bits per heavy atom. The Bertz CT molecular complexity index is 485. The van der Waals surface area contributed by atoms with Crippen LogP contribution in [0.1, 0.15) is 36.2 Å². The minimum Gasteiger partial charge on any atom is -0.409 e. The zero-order valence-electron chi connectivity index (χ0n) is 12.7. The van der Waals surface area contributed by atoms with Gasteiger partial charge in [-0.25, -0.2) is 0 Å². The normalized spacial score (nSPS) is 13.0. The smallest absolute Gasteiger partial charge is 0.254 e. The fraction of sp³-hybridized carbons (Fsp3) is 0.467. The molecule has 1 atom stereocenters. The Balaban J connectivity index is 2.92. The summed E-state index contributed by atoms with van der Waals surface area (Å²) in [6, 6.07) is 6.81. The molecule has 0 aromatic heterocycles. The van der Waals surface area contributed by atoms with E-state index in [1.54, 1.807) is 36.3 Å². The van der Waals surface area contributed by atoms with Crippen molar-refractivity contribution < 1.29 is 14.7 Å². The minimum absolute atomic E-state index is 0.0205. The monoisotopic (exact) mass is 293 g/mol. The lowest BCUT2D eigenvalue weighted by atomic mass is 10.1. The molecule has 0 bridgehead atoms. The van der Waals surface area contributed by atoms with Gasteiger partial charge in [0.1, 0.15) is 0 Å². The first-order valence-corrected chi connectivity index (χ1v) is 6.93. The summed E-state index contributed by atoms with van der Waals surface area (Å²) in [4.78, 5) is 14.4. The first kappa shape index (κ1) is 17.0. The molecule has 1 aromatic rings. The van der Waals surface area contributed by atoms with Crippen molar-refractivity contribution in [2.24, 2.45) is 10.9 Å². The van der Waals surface area contributed by atoms with E-state index in [1.165, 1.54) is 0 Å². The fourth-order valence-corrected chi connectivity index (χ4v) is 1.94. The van der Waals surface area contributed by atoms with Gasteiger partial charge in [0.05, 0.1) is 6.61 Å². The number of benzene rings is 1. The zero-order chi connectivity index (χ0) is 15.8. The van der Waals surface area contributed by atoms with Gasteiger partial charge in [-0.15, -0.1) is 0 Å². The van der Waals surface area contributed by atoms with E-state index in [9.17, 15) is 4.79 Å². The maximum absolute atomic E-state index is 12.6. The molecule has 0 aliphatic heterocycles. The first-order valence-electron chi connectivity index (χ1n) is 6.93. The summed E-state index contributed by atoms with van der Waals surface area (Å²) in [5, 5.41) is 11.6. The average molecular weight is 293 g/mol. The minimum atomic E-state index is -0.0486. The third kappa shape index (κ3) is 4.46. The molecule has 0 fully saturated rings. The van der Waals surface area contributed by atoms with E-state index in [1.807, 2.05) is 13.8 Å². The molecule has 6 nitrogen and oxygen atoms in total. The Morgan fingerprint density at radius 1 is 1.38 bits per heavy atom. The predicted molar refractivity (Wildman–Crippen MR) is 81.6 cm³/mol. The third-order valence-electron chi connectivity index (χ3n) is 3.46. The highest BCUT2D eigenvalue weighted by molar-refractivity contribution is 5.99. The van der Waals surface area contributed by atoms with Crippen LogP contribution in [0.15, 0.2) is 29.4 Å². The molecule has 21 heavy (non-hydrogen) atoms. The molecule has 0 heterocycles. The lowest BCUT2D eigenvalue weighted by Crippen LogP contribution is -2.40. The Hall–Kier alpha value is -2.08. The number of rotatable bonds is 7. The molecular weight excluding hydrogens is 270 g/mol. The lowest BCUT2D eigenvalue weighted by Gasteiger charge is -2.28. The zero-order valence-corrected chi connectivity index (χ0v) is 12.7. The largest absolute Gasteiger partial charge is 0.409 e. The van der Waals surface area contributed by atoms with Gasteiger partial charge in [-0.2, -0.15) is 0 Å². The highest BCUT2D eigenvalue weighted by Gasteiger charge is 2.20. The van der Waals surface area contributed by atoms with Crippen LogP contribution in [-0.4, -0.2) is 48.2 Å². The molecule has 0 spiro atoms. The second kappa shape index (κ2) is 8.26. The molecule has 0 aliphatic rings. The summed E-state index contributed by atoms with van der Waals surface area (Å²) in [7, 11) is 1.62. The Morgan fingerprint density at radius 2 is 1.95 bits per heavy atom. The molecule has 1 unspecified atom stereocenters. The molecule has 1 rings (SSSR count). The van der Waals surface area contributed by atoms with Crippen molar-refractivity contribution in [1.29, 1.82) is 0 Å². The maximum atomic E-state index is 12.6. The Kier molecular flexibility index (Phi) is 6.68. The fourth-order valence-electron chi connectivity index (χ4n) is 1.94. The number of nitrogens with zero attached hydrogens (tertiary/aromatic N) is 2. The summed E-state index contributed by atoms with van der Waals surface area (Å²) in [6.07, 6.45) is 0.873. The van der Waals surface area contributed by atoms with Crippen molar-refractivity contribution in [2.75, 3.05) is 20.3 Å². The van der Waals surface area contributed by atoms with Crippen LogP contribution in [0.2, 0.25) is 0 Å². The molecule has 1 amide bonds. The standard InChI is InChI=1S/C15H23N3O3/c1-4-11(2)18(9-10-21-3)15(19)13-7-5-12(6-8-13)14(16)17-20/h5-8,11,20H,4,9-10H2,1-3H3,(H2,16,17). The van der Waals surface area contributed by atoms with Crippen LogP contribution in [0.4, 0.5) is 0 Å². The molecule has 0 aliphatic carbocycles. The van der Waals surface area contributed by atoms with Gasteiger partial charge >= 0.3 is 0 Å². The van der Waals surface area contributed by atoms with E-state index in [0.29, 0.717) is 24.3 Å². The highest BCUT2D eigenvalue weighted by Crippen LogP contribution is 2.12. The van der Waals surface area contributed by atoms with E-state index < -0.39 is 0 Å². The average Bonchev–Trinajstić information content (AvgIpc) is 2.53. The van der Waals surface area contributed by atoms with Crippen molar-refractivity contribution in [3.63, 3.8) is 0 Å². The lowest BCUT2D eigenvalue weighted by molar-refractivity contribution is 0.0614. The number of carbonyl (C=O) groups excluding carboxylic acids is 1. The van der Waals surface area contributed by atoms with Crippen LogP contribution in [0.5, 0.6) is 0 Å². The topological polar surface area (TPSA) is 88.2 Å². The van der Waals surface area contributed by atoms with Gasteiger partial charge in [-0.3, -0.25) is 4.79 Å². The number of ether oxygens (including phenoxy) is 1. The SMILES string of the molecule is CCC(C)N(CCOC)C(=O)c1ccc(C(N)=NO)cc1. The van der Waals surface area contributed by atoms with E-state index in [-0.39, 0.29) is 17.8 Å². The van der Waals surface area contributed by atoms with Gasteiger partial charge in [-0.05, 0) is 25.5 Å². The van der Waals surface area contributed by atoms with Gasteiger partial charge < -0.3 is 20.6 Å². The maximum Gasteiger partial charge on any atom is 0.254 e. The van der Waals surface area contributed by atoms with Crippen LogP contribution >= 0.6 is 0 Å². The number of hydrogen-bond acceptors (Lipinski definition) is 4. The number of nitrogens with two attached hydrogens (primary N) is 1. The van der Waals surface area contributed by atoms with E-state index in [2.05, 4.69) is 5.16 Å². The molecule has 116 valence electrons. The van der Waals surface area contributed by atoms with Crippen LogP contribution in [0.3, 0.4) is 0 Å². The third-order valence-corrected chi connectivity index (χ3v) is 3.46. The quantitative estimate of drug-likeness (QED) is 0.346. The number of methoxy groups -OCH3 is 1. The highest BCUT2D eigenvalue weighted by atomic mass is 16.5. The molecule has 0 saturated carbocycles. The first-order chi connectivity index (χ1) is 10.0. The van der Waals surface area contributed by atoms with E-state index in [4.69, 9.17) is 15.7 Å². The van der Waals surface area contributed by atoms with Gasteiger partial charge in [0.25, 0.3) is 5.91 Å².